The van der Waals surface area contributed by atoms with Crippen LogP contribution in [-0.2, 0) is 0 Å². The molecule has 1 amide bonds. The van der Waals surface area contributed by atoms with Crippen molar-refractivity contribution in [2.24, 2.45) is 0 Å². The molecule has 0 radical (unpaired) electrons. The average Bonchev–Trinajstić information content (AvgIpc) is 3.09. The number of carbonyl (C=O) groups is 1. The Morgan fingerprint density at radius 2 is 1.73 bits per heavy atom. The molecule has 0 unspecified atom stereocenters. The number of fused-ring (bicyclic) bond motifs is 2. The lowest BCUT2D eigenvalue weighted by atomic mass is 10.0. The van der Waals surface area contributed by atoms with E-state index >= 15 is 0 Å². The van der Waals surface area contributed by atoms with E-state index in [2.05, 4.69) is 52.1 Å². The number of benzene rings is 2. The molecule has 2 aliphatic heterocycles. The van der Waals surface area contributed by atoms with E-state index in [1.165, 1.54) is 50.9 Å². The number of methoxy groups -OCH3 is 1. The summed E-state index contributed by atoms with van der Waals surface area (Å²) in [6.45, 7) is 9.09. The summed E-state index contributed by atoms with van der Waals surface area (Å²) in [5, 5.41) is 3.46. The summed E-state index contributed by atoms with van der Waals surface area (Å²) in [7, 11) is 5.49. The van der Waals surface area contributed by atoms with Gasteiger partial charge in [-0.25, -0.2) is 4.98 Å². The second kappa shape index (κ2) is 12.8. The largest absolute Gasteiger partial charge is 0.494 e. The maximum atomic E-state index is 13.1. The third-order valence-corrected chi connectivity index (χ3v) is 8.49. The van der Waals surface area contributed by atoms with Gasteiger partial charge in [0, 0.05) is 51.0 Å². The van der Waals surface area contributed by atoms with Gasteiger partial charge in [-0.15, -0.1) is 0 Å². The van der Waals surface area contributed by atoms with E-state index in [-0.39, 0.29) is 5.91 Å². The summed E-state index contributed by atoms with van der Waals surface area (Å²) in [4.78, 5) is 26.7. The molecular formula is C33H44N6O2. The van der Waals surface area contributed by atoms with Crippen molar-refractivity contribution < 1.29 is 9.53 Å². The highest BCUT2D eigenvalue weighted by molar-refractivity contribution is 6.13. The first-order valence-electron chi connectivity index (χ1n) is 15.0. The van der Waals surface area contributed by atoms with Crippen LogP contribution in [0.3, 0.4) is 0 Å². The van der Waals surface area contributed by atoms with Crippen molar-refractivity contribution in [1.82, 2.24) is 9.88 Å². The summed E-state index contributed by atoms with van der Waals surface area (Å²) in [6, 6.07) is 16.7. The molecule has 0 saturated carbocycles. The molecule has 5 rings (SSSR count). The van der Waals surface area contributed by atoms with E-state index < -0.39 is 0 Å². The van der Waals surface area contributed by atoms with Gasteiger partial charge >= 0.3 is 0 Å². The lowest BCUT2D eigenvalue weighted by Crippen LogP contribution is -2.45. The lowest BCUT2D eigenvalue weighted by Gasteiger charge is -2.39. The monoisotopic (exact) mass is 556 g/mol. The number of hydrogen-bond acceptors (Lipinski definition) is 7. The van der Waals surface area contributed by atoms with E-state index in [0.717, 1.165) is 41.6 Å². The van der Waals surface area contributed by atoms with Gasteiger partial charge in [0.15, 0.2) is 0 Å². The fourth-order valence-corrected chi connectivity index (χ4v) is 6.13. The number of ether oxygens (including phenoxy) is 1. The maximum Gasteiger partial charge on any atom is 0.260 e. The molecule has 0 bridgehead atoms. The Morgan fingerprint density at radius 1 is 0.951 bits per heavy atom. The van der Waals surface area contributed by atoms with E-state index in [9.17, 15) is 4.79 Å². The molecule has 3 aromatic rings. The van der Waals surface area contributed by atoms with Gasteiger partial charge in [0.05, 0.1) is 41.6 Å². The molecule has 3 heterocycles. The third kappa shape index (κ3) is 5.98. The molecule has 1 N–H and O–H groups in total. The Kier molecular flexibility index (Phi) is 8.98. The Balaban J connectivity index is 1.32. The molecular weight excluding hydrogens is 512 g/mol. The topological polar surface area (TPSA) is 64.2 Å². The molecule has 0 atom stereocenters. The minimum atomic E-state index is -0.0472. The molecule has 2 aliphatic rings. The fraction of sp³-hybridized carbons (Fsp3) is 0.455. The SMILES string of the molecule is CCCCN(CCC)C1CCN(c2ccc(Nc3cc4c(cn3)N(C)C(=O)c3ccccc3N4C)c(OC)c2)CC1. The standard InChI is InChI=1S/C33H44N6O2/c1-6-8-18-38(17-7-2)24-15-19-39(20-16-24)25-13-14-27(31(21-25)41-5)35-32-22-29-30(23-34-32)37(4)33(40)26-11-9-10-12-28(26)36(29)3/h9-14,21-24H,6-8,15-20H2,1-5H3,(H,34,35). The van der Waals surface area contributed by atoms with Crippen LogP contribution in [-0.4, -0.2) is 69.2 Å². The number of hydrogen-bond donors (Lipinski definition) is 1. The molecule has 8 heteroatoms. The predicted octanol–water partition coefficient (Wildman–Crippen LogP) is 6.67. The van der Waals surface area contributed by atoms with Crippen molar-refractivity contribution in [2.75, 3.05) is 67.4 Å². The lowest BCUT2D eigenvalue weighted by molar-refractivity contribution is 0.0994. The number of carbonyl (C=O) groups excluding carboxylic acids is 1. The number of unbranched alkanes of at least 4 members (excludes halogenated alkanes) is 1. The van der Waals surface area contributed by atoms with Crippen LogP contribution in [0, 0.1) is 0 Å². The molecule has 41 heavy (non-hydrogen) atoms. The quantitative estimate of drug-likeness (QED) is 0.299. The van der Waals surface area contributed by atoms with Crippen LogP contribution in [0.4, 0.5) is 34.3 Å². The summed E-state index contributed by atoms with van der Waals surface area (Å²) in [6.07, 6.45) is 7.89. The van der Waals surface area contributed by atoms with Crippen molar-refractivity contribution in [2.45, 2.75) is 52.0 Å². The molecule has 218 valence electrons. The van der Waals surface area contributed by atoms with Crippen LogP contribution in [0.25, 0.3) is 0 Å². The molecule has 0 aliphatic carbocycles. The summed E-state index contributed by atoms with van der Waals surface area (Å²) in [5.74, 6) is 1.42. The number of rotatable bonds is 10. The van der Waals surface area contributed by atoms with Crippen molar-refractivity contribution in [3.63, 3.8) is 0 Å². The Bertz CT molecular complexity index is 1350. The number of para-hydroxylation sites is 1. The summed E-state index contributed by atoms with van der Waals surface area (Å²) >= 11 is 0. The van der Waals surface area contributed by atoms with Gasteiger partial charge in [-0.05, 0) is 63.0 Å². The van der Waals surface area contributed by atoms with Crippen LogP contribution < -0.4 is 24.8 Å². The van der Waals surface area contributed by atoms with Gasteiger partial charge in [-0.3, -0.25) is 4.79 Å². The predicted molar refractivity (Wildman–Crippen MR) is 170 cm³/mol. The normalized spacial score (nSPS) is 15.6. The number of anilines is 6. The number of nitrogens with zero attached hydrogens (tertiary/aromatic N) is 5. The van der Waals surface area contributed by atoms with Gasteiger partial charge in [-0.2, -0.15) is 0 Å². The van der Waals surface area contributed by atoms with E-state index in [0.29, 0.717) is 17.4 Å². The molecule has 8 nitrogen and oxygen atoms in total. The van der Waals surface area contributed by atoms with Crippen LogP contribution in [0.5, 0.6) is 5.75 Å². The smallest absolute Gasteiger partial charge is 0.260 e. The van der Waals surface area contributed by atoms with Crippen molar-refractivity contribution in [1.29, 1.82) is 0 Å². The highest BCUT2D eigenvalue weighted by atomic mass is 16.5. The highest BCUT2D eigenvalue weighted by Crippen LogP contribution is 2.41. The zero-order valence-electron chi connectivity index (χ0n) is 25.2. The number of amides is 1. The van der Waals surface area contributed by atoms with E-state index in [1.54, 1.807) is 25.3 Å². The first-order chi connectivity index (χ1) is 19.9. The Morgan fingerprint density at radius 3 is 2.46 bits per heavy atom. The Hall–Kier alpha value is -3.78. The zero-order chi connectivity index (χ0) is 28.9. The third-order valence-electron chi connectivity index (χ3n) is 8.49. The molecule has 2 aromatic carbocycles. The number of pyridine rings is 1. The number of piperidine rings is 1. The molecule has 0 spiro atoms. The second-order valence-corrected chi connectivity index (χ2v) is 11.1. The van der Waals surface area contributed by atoms with Gasteiger partial charge in [-0.1, -0.05) is 32.4 Å². The number of aromatic nitrogens is 1. The number of nitrogens with one attached hydrogen (secondary N) is 1. The maximum absolute atomic E-state index is 13.1. The first kappa shape index (κ1) is 28.7. The van der Waals surface area contributed by atoms with E-state index in [1.807, 2.05) is 42.3 Å². The van der Waals surface area contributed by atoms with Crippen LogP contribution in [0.15, 0.2) is 54.7 Å². The van der Waals surface area contributed by atoms with Crippen molar-refractivity contribution in [3.8, 4) is 5.75 Å². The van der Waals surface area contributed by atoms with Gasteiger partial charge < -0.3 is 29.7 Å². The van der Waals surface area contributed by atoms with Crippen LogP contribution in [0.1, 0.15) is 56.3 Å². The highest BCUT2D eigenvalue weighted by Gasteiger charge is 2.28. The summed E-state index contributed by atoms with van der Waals surface area (Å²) < 4.78 is 5.83. The van der Waals surface area contributed by atoms with Crippen LogP contribution >= 0.6 is 0 Å². The molecule has 1 aromatic heterocycles. The molecule has 1 fully saturated rings. The van der Waals surface area contributed by atoms with Gasteiger partial charge in [0.25, 0.3) is 5.91 Å². The Labute approximate surface area is 244 Å². The average molecular weight is 557 g/mol. The van der Waals surface area contributed by atoms with Gasteiger partial charge in [0.2, 0.25) is 0 Å². The van der Waals surface area contributed by atoms with Crippen LogP contribution in [0.2, 0.25) is 0 Å². The zero-order valence-corrected chi connectivity index (χ0v) is 25.2. The van der Waals surface area contributed by atoms with Gasteiger partial charge in [0.1, 0.15) is 11.6 Å². The fourth-order valence-electron chi connectivity index (χ4n) is 6.13. The van der Waals surface area contributed by atoms with E-state index in [4.69, 9.17) is 4.74 Å². The minimum absolute atomic E-state index is 0.0472. The minimum Gasteiger partial charge on any atom is -0.494 e. The molecule has 1 saturated heterocycles. The summed E-state index contributed by atoms with van der Waals surface area (Å²) in [5.41, 5.74) is 5.24. The van der Waals surface area contributed by atoms with Crippen molar-refractivity contribution in [3.05, 3.63) is 60.3 Å². The first-order valence-corrected chi connectivity index (χ1v) is 15.0. The van der Waals surface area contributed by atoms with Crippen molar-refractivity contribution >= 4 is 40.2 Å². The second-order valence-electron chi connectivity index (χ2n) is 11.1.